The fraction of sp³-hybridized carbons (Fsp3) is 0.200. The Balaban J connectivity index is 1.89. The van der Waals surface area contributed by atoms with E-state index in [1.807, 2.05) is 29.6 Å². The number of hydrogen-bond acceptors (Lipinski definition) is 2. The molecule has 0 nitrogen and oxygen atoms in total. The maximum absolute atomic E-state index is 6.13. The summed E-state index contributed by atoms with van der Waals surface area (Å²) >= 11 is 10.0. The van der Waals surface area contributed by atoms with Crippen LogP contribution in [0.25, 0.3) is 0 Å². The molecule has 2 aromatic rings. The fourth-order valence-corrected chi connectivity index (χ4v) is 4.83. The summed E-state index contributed by atoms with van der Waals surface area (Å²) in [5.74, 6) is 1.19. The van der Waals surface area contributed by atoms with E-state index in [2.05, 4.69) is 42.5 Å². The molecule has 0 saturated carbocycles. The molecule has 1 aliphatic heterocycles. The minimum absolute atomic E-state index is 0.530. The van der Waals surface area contributed by atoms with E-state index >= 15 is 0 Å². The monoisotopic (exact) mass is 292 g/mol. The normalized spacial score (nSPS) is 18.4. The Morgan fingerprint density at radius 2 is 1.94 bits per heavy atom. The van der Waals surface area contributed by atoms with Gasteiger partial charge in [0.15, 0.2) is 0 Å². The second-order valence-electron chi connectivity index (χ2n) is 4.24. The molecule has 3 rings (SSSR count). The molecule has 1 atom stereocenters. The van der Waals surface area contributed by atoms with Crippen LogP contribution < -0.4 is 0 Å². The van der Waals surface area contributed by atoms with Crippen LogP contribution in [0.4, 0.5) is 0 Å². The third-order valence-corrected chi connectivity index (χ3v) is 5.65. The fourth-order valence-electron chi connectivity index (χ4n) is 2.12. The van der Waals surface area contributed by atoms with Gasteiger partial charge < -0.3 is 0 Å². The molecule has 0 N–H and O–H groups in total. The van der Waals surface area contributed by atoms with Crippen molar-refractivity contribution < 1.29 is 0 Å². The maximum Gasteiger partial charge on any atom is 0.0409 e. The lowest BCUT2D eigenvalue weighted by Crippen LogP contribution is -2.04. The van der Waals surface area contributed by atoms with E-state index in [9.17, 15) is 0 Å². The molecule has 1 unspecified atom stereocenters. The van der Waals surface area contributed by atoms with E-state index in [-0.39, 0.29) is 0 Å². The first-order chi connectivity index (χ1) is 8.83. The zero-order chi connectivity index (χ0) is 12.4. The number of halogens is 1. The molecule has 0 bridgehead atoms. The van der Waals surface area contributed by atoms with E-state index in [0.29, 0.717) is 5.25 Å². The molecule has 18 heavy (non-hydrogen) atoms. The van der Waals surface area contributed by atoms with Crippen LogP contribution in [-0.2, 0) is 0 Å². The molecule has 0 fully saturated rings. The lowest BCUT2D eigenvalue weighted by atomic mass is 10.1. The van der Waals surface area contributed by atoms with Crippen LogP contribution in [0.5, 0.6) is 0 Å². The second kappa shape index (κ2) is 5.60. The molecule has 0 aromatic heterocycles. The highest BCUT2D eigenvalue weighted by atomic mass is 35.5. The summed E-state index contributed by atoms with van der Waals surface area (Å²) < 4.78 is 0. The lowest BCUT2D eigenvalue weighted by molar-refractivity contribution is 0.865. The van der Waals surface area contributed by atoms with Gasteiger partial charge in [-0.15, -0.1) is 23.5 Å². The Labute approximate surface area is 121 Å². The van der Waals surface area contributed by atoms with Crippen molar-refractivity contribution in [1.82, 2.24) is 0 Å². The van der Waals surface area contributed by atoms with Gasteiger partial charge in [-0.25, -0.2) is 0 Å². The minimum Gasteiger partial charge on any atom is -0.126 e. The van der Waals surface area contributed by atoms with E-state index in [0.717, 1.165) is 5.02 Å². The highest BCUT2D eigenvalue weighted by Crippen LogP contribution is 2.46. The molecule has 0 amide bonds. The standard InChI is InChI=1S/C15H13ClS2/c16-11-6-7-14-13(10-11)15(8-9-17-14)18-12-4-2-1-3-5-12/h1-7,10,15H,8-9H2. The summed E-state index contributed by atoms with van der Waals surface area (Å²) in [7, 11) is 0. The van der Waals surface area contributed by atoms with Gasteiger partial charge in [-0.3, -0.25) is 0 Å². The first-order valence-corrected chi connectivity index (χ1v) is 8.21. The van der Waals surface area contributed by atoms with Crippen LogP contribution in [-0.4, -0.2) is 5.75 Å². The summed E-state index contributed by atoms with van der Waals surface area (Å²) in [5, 5.41) is 1.37. The van der Waals surface area contributed by atoms with Gasteiger partial charge in [-0.05, 0) is 48.1 Å². The van der Waals surface area contributed by atoms with E-state index in [1.54, 1.807) is 0 Å². The predicted octanol–water partition coefficient (Wildman–Crippen LogP) is 5.67. The van der Waals surface area contributed by atoms with Crippen molar-refractivity contribution >= 4 is 35.1 Å². The molecule has 2 aromatic carbocycles. The molecule has 1 aliphatic rings. The Morgan fingerprint density at radius 3 is 2.78 bits per heavy atom. The zero-order valence-corrected chi connectivity index (χ0v) is 12.2. The second-order valence-corrected chi connectivity index (χ2v) is 7.09. The Morgan fingerprint density at radius 1 is 1.11 bits per heavy atom. The van der Waals surface area contributed by atoms with E-state index < -0.39 is 0 Å². The topological polar surface area (TPSA) is 0 Å². The van der Waals surface area contributed by atoms with Gasteiger partial charge in [0.1, 0.15) is 0 Å². The number of benzene rings is 2. The molecule has 0 radical (unpaired) electrons. The highest BCUT2D eigenvalue weighted by Gasteiger charge is 2.21. The van der Waals surface area contributed by atoms with Crippen LogP contribution in [0.2, 0.25) is 5.02 Å². The number of rotatable bonds is 2. The van der Waals surface area contributed by atoms with Crippen LogP contribution in [0, 0.1) is 0 Å². The molecular weight excluding hydrogens is 280 g/mol. The summed E-state index contributed by atoms with van der Waals surface area (Å²) in [6.07, 6.45) is 1.21. The van der Waals surface area contributed by atoms with Gasteiger partial charge in [0.05, 0.1) is 0 Å². The molecular formula is C15H13ClS2. The van der Waals surface area contributed by atoms with E-state index in [4.69, 9.17) is 11.6 Å². The van der Waals surface area contributed by atoms with Gasteiger partial charge in [0.2, 0.25) is 0 Å². The molecule has 1 heterocycles. The van der Waals surface area contributed by atoms with Crippen molar-refractivity contribution in [3.63, 3.8) is 0 Å². The SMILES string of the molecule is Clc1ccc2c(c1)C(Sc1ccccc1)CCS2. The molecule has 0 saturated heterocycles. The van der Waals surface area contributed by atoms with Crippen molar-refractivity contribution in [2.24, 2.45) is 0 Å². The molecule has 0 aliphatic carbocycles. The number of thioether (sulfide) groups is 2. The Kier molecular flexibility index (Phi) is 3.88. The number of fused-ring (bicyclic) bond motifs is 1. The van der Waals surface area contributed by atoms with Gasteiger partial charge in [0.25, 0.3) is 0 Å². The zero-order valence-electron chi connectivity index (χ0n) is 9.80. The van der Waals surface area contributed by atoms with Crippen molar-refractivity contribution in [3.05, 3.63) is 59.1 Å². The third kappa shape index (κ3) is 2.71. The van der Waals surface area contributed by atoms with E-state index in [1.165, 1.54) is 27.5 Å². The van der Waals surface area contributed by atoms with Gasteiger partial charge >= 0.3 is 0 Å². The van der Waals surface area contributed by atoms with Crippen LogP contribution in [0.15, 0.2) is 58.3 Å². The van der Waals surface area contributed by atoms with Crippen LogP contribution >= 0.6 is 35.1 Å². The lowest BCUT2D eigenvalue weighted by Gasteiger charge is -2.24. The van der Waals surface area contributed by atoms with Crippen molar-refractivity contribution in [2.45, 2.75) is 21.5 Å². The Hall–Kier alpha value is -0.570. The summed E-state index contributed by atoms with van der Waals surface area (Å²) in [4.78, 5) is 2.72. The van der Waals surface area contributed by atoms with Crippen LogP contribution in [0.1, 0.15) is 17.2 Å². The smallest absolute Gasteiger partial charge is 0.0409 e. The Bertz CT molecular complexity index is 539. The third-order valence-electron chi connectivity index (χ3n) is 2.98. The average Bonchev–Trinajstić information content (AvgIpc) is 2.41. The molecule has 92 valence electrons. The van der Waals surface area contributed by atoms with Crippen molar-refractivity contribution in [1.29, 1.82) is 0 Å². The van der Waals surface area contributed by atoms with Gasteiger partial charge in [0, 0.05) is 20.1 Å². The van der Waals surface area contributed by atoms with Crippen molar-refractivity contribution in [2.75, 3.05) is 5.75 Å². The highest BCUT2D eigenvalue weighted by molar-refractivity contribution is 8.01. The number of hydrogen-bond donors (Lipinski definition) is 0. The van der Waals surface area contributed by atoms with Gasteiger partial charge in [-0.2, -0.15) is 0 Å². The summed E-state index contributed by atoms with van der Waals surface area (Å²) in [6, 6.07) is 16.9. The summed E-state index contributed by atoms with van der Waals surface area (Å²) in [5.41, 5.74) is 1.40. The first kappa shape index (κ1) is 12.5. The molecule has 3 heteroatoms. The molecule has 0 spiro atoms. The average molecular weight is 293 g/mol. The van der Waals surface area contributed by atoms with Crippen molar-refractivity contribution in [3.8, 4) is 0 Å². The largest absolute Gasteiger partial charge is 0.126 e. The first-order valence-electron chi connectivity index (χ1n) is 5.97. The predicted molar refractivity (Wildman–Crippen MR) is 81.8 cm³/mol. The maximum atomic E-state index is 6.13. The minimum atomic E-state index is 0.530. The quantitative estimate of drug-likeness (QED) is 0.699. The van der Waals surface area contributed by atoms with Gasteiger partial charge in [-0.1, -0.05) is 29.8 Å². The van der Waals surface area contributed by atoms with Crippen LogP contribution in [0.3, 0.4) is 0 Å². The summed E-state index contributed by atoms with van der Waals surface area (Å²) in [6.45, 7) is 0.